The van der Waals surface area contributed by atoms with Gasteiger partial charge in [-0.05, 0) is 5.41 Å². The van der Waals surface area contributed by atoms with Crippen molar-refractivity contribution in [2.75, 3.05) is 13.2 Å². The molecule has 3 nitrogen and oxygen atoms in total. The van der Waals surface area contributed by atoms with Gasteiger partial charge in [0.2, 0.25) is 0 Å². The van der Waals surface area contributed by atoms with E-state index in [1.165, 1.54) is 0 Å². The molecule has 0 spiro atoms. The third-order valence-corrected chi connectivity index (χ3v) is 5.23. The number of carbonyl (C=O) groups is 1. The minimum absolute atomic E-state index is 0.0158. The standard InChI is InChI=1S/C10H16Br2O3/c1-7(8(14)15-6-5-13)10(11,12)9(2,3)4/h13H,1,5-6H2,2-4H3. The summed E-state index contributed by atoms with van der Waals surface area (Å²) in [5, 5.41) is 8.53. The summed E-state index contributed by atoms with van der Waals surface area (Å²) in [7, 11) is 0. The van der Waals surface area contributed by atoms with Crippen molar-refractivity contribution in [3.8, 4) is 0 Å². The monoisotopic (exact) mass is 342 g/mol. The third-order valence-electron chi connectivity index (χ3n) is 1.89. The molecule has 0 aromatic heterocycles. The Bertz CT molecular complexity index is 254. The molecule has 0 aliphatic carbocycles. The Kier molecular flexibility index (Phi) is 5.50. The first-order valence-corrected chi connectivity index (χ1v) is 6.08. The molecule has 0 atom stereocenters. The van der Waals surface area contributed by atoms with Crippen LogP contribution in [-0.2, 0) is 9.53 Å². The van der Waals surface area contributed by atoms with Gasteiger partial charge in [-0.2, -0.15) is 0 Å². The molecule has 0 fully saturated rings. The van der Waals surface area contributed by atoms with Gasteiger partial charge in [-0.1, -0.05) is 59.2 Å². The van der Waals surface area contributed by atoms with Gasteiger partial charge in [-0.25, -0.2) is 4.79 Å². The fourth-order valence-corrected chi connectivity index (χ4v) is 1.13. The van der Waals surface area contributed by atoms with E-state index in [4.69, 9.17) is 9.84 Å². The second-order valence-corrected chi connectivity index (χ2v) is 7.61. The Hall–Kier alpha value is 0.130. The van der Waals surface area contributed by atoms with Gasteiger partial charge in [0.05, 0.1) is 12.2 Å². The van der Waals surface area contributed by atoms with Gasteiger partial charge in [-0.15, -0.1) is 0 Å². The molecular weight excluding hydrogens is 328 g/mol. The first-order valence-electron chi connectivity index (χ1n) is 4.49. The van der Waals surface area contributed by atoms with Gasteiger partial charge in [-0.3, -0.25) is 0 Å². The molecule has 1 N–H and O–H groups in total. The average molecular weight is 344 g/mol. The van der Waals surface area contributed by atoms with Gasteiger partial charge in [0, 0.05) is 0 Å². The summed E-state index contributed by atoms with van der Waals surface area (Å²) in [6, 6.07) is 0. The Labute approximate surface area is 107 Å². The third kappa shape index (κ3) is 3.89. The van der Waals surface area contributed by atoms with Crippen LogP contribution in [0.3, 0.4) is 0 Å². The van der Waals surface area contributed by atoms with E-state index in [0.717, 1.165) is 0 Å². The van der Waals surface area contributed by atoms with Crippen molar-refractivity contribution in [3.63, 3.8) is 0 Å². The van der Waals surface area contributed by atoms with Crippen molar-refractivity contribution in [3.05, 3.63) is 12.2 Å². The predicted octanol–water partition coefficient (Wildman–Crippen LogP) is 2.61. The maximum atomic E-state index is 11.5. The van der Waals surface area contributed by atoms with Crippen LogP contribution in [0.4, 0.5) is 0 Å². The van der Waals surface area contributed by atoms with Gasteiger partial charge in [0.25, 0.3) is 0 Å². The molecule has 0 saturated heterocycles. The van der Waals surface area contributed by atoms with E-state index in [2.05, 4.69) is 38.4 Å². The molecule has 88 valence electrons. The lowest BCUT2D eigenvalue weighted by Gasteiger charge is -2.35. The molecule has 0 amide bonds. The van der Waals surface area contributed by atoms with E-state index in [1.807, 2.05) is 20.8 Å². The fourth-order valence-electron chi connectivity index (χ4n) is 0.806. The lowest BCUT2D eigenvalue weighted by atomic mass is 9.88. The minimum atomic E-state index is -0.709. The lowest BCUT2D eigenvalue weighted by molar-refractivity contribution is -0.140. The fraction of sp³-hybridized carbons (Fsp3) is 0.700. The number of rotatable bonds is 4. The van der Waals surface area contributed by atoms with Gasteiger partial charge >= 0.3 is 5.97 Å². The molecule has 0 aliphatic rings. The second kappa shape index (κ2) is 5.46. The number of ether oxygens (including phenoxy) is 1. The first-order chi connectivity index (χ1) is 6.64. The number of hydrogen-bond donors (Lipinski definition) is 1. The highest BCUT2D eigenvalue weighted by atomic mass is 79.9. The van der Waals surface area contributed by atoms with Gasteiger partial charge in [0.15, 0.2) is 0 Å². The van der Waals surface area contributed by atoms with Crippen LogP contribution in [0.1, 0.15) is 20.8 Å². The van der Waals surface area contributed by atoms with Crippen LogP contribution in [0.15, 0.2) is 12.2 Å². The first kappa shape index (κ1) is 15.1. The topological polar surface area (TPSA) is 46.5 Å². The van der Waals surface area contributed by atoms with Crippen LogP contribution in [0.5, 0.6) is 0 Å². The summed E-state index contributed by atoms with van der Waals surface area (Å²) < 4.78 is 4.08. The molecule has 0 saturated carbocycles. The van der Waals surface area contributed by atoms with Crippen molar-refractivity contribution in [1.82, 2.24) is 0 Å². The quantitative estimate of drug-likeness (QED) is 0.485. The summed E-state index contributed by atoms with van der Waals surface area (Å²) >= 11 is 6.83. The van der Waals surface area contributed by atoms with Gasteiger partial charge < -0.3 is 9.84 Å². The highest BCUT2D eigenvalue weighted by Gasteiger charge is 2.43. The van der Waals surface area contributed by atoms with Crippen molar-refractivity contribution in [2.45, 2.75) is 24.0 Å². The molecule has 0 aromatic rings. The number of hydrogen-bond acceptors (Lipinski definition) is 3. The maximum Gasteiger partial charge on any atom is 0.335 e. The molecule has 0 unspecified atom stereocenters. The molecule has 0 aliphatic heterocycles. The summed E-state index contributed by atoms with van der Waals surface area (Å²) in [4.78, 5) is 11.5. The summed E-state index contributed by atoms with van der Waals surface area (Å²) in [6.45, 7) is 9.37. The molecule has 5 heteroatoms. The molecule has 0 heterocycles. The second-order valence-electron chi connectivity index (χ2n) is 4.16. The summed E-state index contributed by atoms with van der Waals surface area (Å²) in [5.74, 6) is -0.521. The lowest BCUT2D eigenvalue weighted by Crippen LogP contribution is -2.36. The van der Waals surface area contributed by atoms with Crippen LogP contribution in [0, 0.1) is 5.41 Å². The molecule has 0 aromatic carbocycles. The number of aliphatic hydroxyl groups is 1. The zero-order valence-electron chi connectivity index (χ0n) is 9.14. The van der Waals surface area contributed by atoms with Crippen molar-refractivity contribution >= 4 is 37.8 Å². The molecule has 0 radical (unpaired) electrons. The van der Waals surface area contributed by atoms with E-state index < -0.39 is 9.20 Å². The highest BCUT2D eigenvalue weighted by molar-refractivity contribution is 9.25. The minimum Gasteiger partial charge on any atom is -0.460 e. The number of carbonyl (C=O) groups excluding carboxylic acids is 1. The van der Waals surface area contributed by atoms with Crippen molar-refractivity contribution < 1.29 is 14.6 Å². The highest BCUT2D eigenvalue weighted by Crippen LogP contribution is 2.48. The normalized spacial score (nSPS) is 12.4. The van der Waals surface area contributed by atoms with Crippen LogP contribution in [-0.4, -0.2) is 27.5 Å². The number of esters is 1. The number of alkyl halides is 2. The Morgan fingerprint density at radius 1 is 1.40 bits per heavy atom. The SMILES string of the molecule is C=C(C(=O)OCCO)C(Br)(Br)C(C)(C)C. The van der Waals surface area contributed by atoms with Crippen LogP contribution < -0.4 is 0 Å². The van der Waals surface area contributed by atoms with E-state index in [1.54, 1.807) is 0 Å². The Morgan fingerprint density at radius 3 is 2.20 bits per heavy atom. The Morgan fingerprint density at radius 2 is 1.87 bits per heavy atom. The maximum absolute atomic E-state index is 11.5. The average Bonchev–Trinajstić information content (AvgIpc) is 2.10. The van der Waals surface area contributed by atoms with E-state index in [9.17, 15) is 4.79 Å². The predicted molar refractivity (Wildman–Crippen MR) is 67.2 cm³/mol. The largest absolute Gasteiger partial charge is 0.460 e. The van der Waals surface area contributed by atoms with E-state index >= 15 is 0 Å². The Balaban J connectivity index is 4.64. The van der Waals surface area contributed by atoms with E-state index in [0.29, 0.717) is 0 Å². The van der Waals surface area contributed by atoms with E-state index in [-0.39, 0.29) is 24.2 Å². The summed E-state index contributed by atoms with van der Waals surface area (Å²) in [6.07, 6.45) is 0. The van der Waals surface area contributed by atoms with Crippen LogP contribution >= 0.6 is 31.9 Å². The van der Waals surface area contributed by atoms with Crippen molar-refractivity contribution in [2.24, 2.45) is 5.41 Å². The summed E-state index contributed by atoms with van der Waals surface area (Å²) in [5.41, 5.74) is 0.0472. The van der Waals surface area contributed by atoms with Crippen LogP contribution in [0.25, 0.3) is 0 Å². The number of halogens is 2. The smallest absolute Gasteiger partial charge is 0.335 e. The van der Waals surface area contributed by atoms with Gasteiger partial charge in [0.1, 0.15) is 9.84 Å². The van der Waals surface area contributed by atoms with Crippen molar-refractivity contribution in [1.29, 1.82) is 0 Å². The number of aliphatic hydroxyl groups excluding tert-OH is 1. The molecule has 0 rings (SSSR count). The van der Waals surface area contributed by atoms with Crippen LogP contribution in [0.2, 0.25) is 0 Å². The zero-order valence-corrected chi connectivity index (χ0v) is 12.3. The molecule has 0 bridgehead atoms. The molecular formula is C10H16Br2O3. The molecule has 15 heavy (non-hydrogen) atoms. The zero-order chi connectivity index (χ0) is 12.3.